The molecule has 2 saturated carbocycles. The summed E-state index contributed by atoms with van der Waals surface area (Å²) in [5, 5.41) is 29.6. The van der Waals surface area contributed by atoms with Gasteiger partial charge in [0.1, 0.15) is 22.7 Å². The molecular weight excluding hydrogens is 829 g/mol. The van der Waals surface area contributed by atoms with Gasteiger partial charge in [0, 0.05) is 48.9 Å². The monoisotopic (exact) mass is 896 g/mol. The third-order valence-corrected chi connectivity index (χ3v) is 13.1. The first-order valence-corrected chi connectivity index (χ1v) is 22.8. The quantitative estimate of drug-likeness (QED) is 0.0882. The number of fused-ring (bicyclic) bond motifs is 6. The maximum absolute atomic E-state index is 9.10. The lowest BCUT2D eigenvalue weighted by atomic mass is 9.72. The predicted octanol–water partition coefficient (Wildman–Crippen LogP) is 8.35. The summed E-state index contributed by atoms with van der Waals surface area (Å²) in [5.74, 6) is -3.80. The topological polar surface area (TPSA) is 206 Å². The van der Waals surface area contributed by atoms with Crippen molar-refractivity contribution >= 4 is 23.9 Å². The number of hydrogen-bond donors (Lipinski definition) is 4. The van der Waals surface area contributed by atoms with Crippen molar-refractivity contribution in [3.63, 3.8) is 0 Å². The minimum absolute atomic E-state index is 0. The number of carbonyl (C=O) groups is 4. The summed E-state index contributed by atoms with van der Waals surface area (Å²) in [5.41, 5.74) is 5.91. The second kappa shape index (κ2) is 25.7. The van der Waals surface area contributed by atoms with Crippen LogP contribution >= 0.6 is 0 Å². The Morgan fingerprint density at radius 3 is 1.20 bits per heavy atom. The van der Waals surface area contributed by atoms with E-state index in [-0.39, 0.29) is 16.7 Å². The molecular formula is C52H68N2O11. The van der Waals surface area contributed by atoms with E-state index in [4.69, 9.17) is 49.1 Å². The summed E-state index contributed by atoms with van der Waals surface area (Å²) in [6, 6.07) is 39.1. The molecule has 2 heterocycles. The van der Waals surface area contributed by atoms with Crippen LogP contribution in [0.4, 0.5) is 0 Å². The Bertz CT molecular complexity index is 1930. The molecule has 4 aromatic carbocycles. The number of hydrogen-bond acceptors (Lipinski definition) is 8. The fourth-order valence-electron chi connectivity index (χ4n) is 9.78. The summed E-state index contributed by atoms with van der Waals surface area (Å²) >= 11 is 0. The van der Waals surface area contributed by atoms with Crippen molar-refractivity contribution in [1.29, 1.82) is 0 Å². The lowest BCUT2D eigenvalue weighted by Crippen LogP contribution is -2.43. The molecule has 0 bridgehead atoms. The van der Waals surface area contributed by atoms with Crippen molar-refractivity contribution in [2.24, 2.45) is 0 Å². The molecule has 0 spiro atoms. The highest BCUT2D eigenvalue weighted by Gasteiger charge is 2.50. The number of ether oxygens (including phenoxy) is 2. The molecule has 6 N–H and O–H groups in total. The molecule has 0 radical (unpaired) electrons. The van der Waals surface area contributed by atoms with E-state index in [1.807, 2.05) is 0 Å². The van der Waals surface area contributed by atoms with Gasteiger partial charge >= 0.3 is 23.9 Å². The number of carboxylic acids is 4. The van der Waals surface area contributed by atoms with Crippen LogP contribution in [0, 0.1) is 0 Å². The van der Waals surface area contributed by atoms with Gasteiger partial charge in [-0.2, -0.15) is 0 Å². The summed E-state index contributed by atoms with van der Waals surface area (Å²) in [6.45, 7) is 4.56. The van der Waals surface area contributed by atoms with E-state index in [9.17, 15) is 0 Å². The number of para-hydroxylation sites is 2. The molecule has 65 heavy (non-hydrogen) atoms. The van der Waals surface area contributed by atoms with E-state index in [0.29, 0.717) is 11.8 Å². The molecule has 4 unspecified atom stereocenters. The van der Waals surface area contributed by atoms with Gasteiger partial charge in [-0.05, 0) is 115 Å². The third kappa shape index (κ3) is 15.2. The molecule has 13 nitrogen and oxygen atoms in total. The van der Waals surface area contributed by atoms with E-state index < -0.39 is 23.9 Å². The average molecular weight is 897 g/mol. The lowest BCUT2D eigenvalue weighted by Gasteiger charge is -2.39. The van der Waals surface area contributed by atoms with Crippen LogP contribution in [0.2, 0.25) is 0 Å². The molecule has 4 atom stereocenters. The minimum atomic E-state index is -1.82. The van der Waals surface area contributed by atoms with Crippen molar-refractivity contribution in [3.8, 4) is 11.5 Å². The normalized spacial score (nSPS) is 20.7. The van der Waals surface area contributed by atoms with E-state index in [2.05, 4.69) is 133 Å². The summed E-state index contributed by atoms with van der Waals surface area (Å²) in [7, 11) is 4.53. The molecule has 352 valence electrons. The minimum Gasteiger partial charge on any atom is -0.486 e. The second-order valence-electron chi connectivity index (χ2n) is 17.5. The van der Waals surface area contributed by atoms with Gasteiger partial charge in [-0.3, -0.25) is 0 Å². The van der Waals surface area contributed by atoms with E-state index in [1.165, 1.54) is 99.3 Å². The fraction of sp³-hybridized carbons (Fsp3) is 0.462. The van der Waals surface area contributed by atoms with E-state index in [0.717, 1.165) is 50.5 Å². The predicted molar refractivity (Wildman–Crippen MR) is 250 cm³/mol. The fourth-order valence-corrected chi connectivity index (χ4v) is 9.78. The first kappa shape index (κ1) is 51.9. The van der Waals surface area contributed by atoms with Gasteiger partial charge in [-0.1, -0.05) is 110 Å². The first-order valence-electron chi connectivity index (χ1n) is 22.8. The Kier molecular flexibility index (Phi) is 20.5. The van der Waals surface area contributed by atoms with E-state index >= 15 is 0 Å². The maximum Gasteiger partial charge on any atom is 0.414 e. The van der Waals surface area contributed by atoms with Crippen molar-refractivity contribution in [1.82, 2.24) is 9.80 Å². The standard InChI is InChI=1S/2C24H31NO.2C2H2O4.H2O/c2*1-25(18-9-12-20-10-3-2-4-11-20)19-17-24-16-8-7-14-22(24)21-13-5-6-15-23(21)26-24;2*3-1(4)2(5)6;/h2*2-6,10-11,13,15,22H,7-9,12,14,16-19H2,1H3;2*(H,3,4)(H,5,6);1H2. The first-order chi connectivity index (χ1) is 30.8. The number of rotatable bonds is 14. The highest BCUT2D eigenvalue weighted by molar-refractivity contribution is 6.27. The SMILES string of the molecule is CN(CCCc1ccccc1)CCC12CCCCC1c1ccccc1O2.CN(CCCc1ccccc1)CCC12CCCCC1c1ccccc1O2.O.O=C(O)C(=O)O.O=C(O)C(=O)O. The number of benzene rings is 4. The van der Waals surface area contributed by atoms with Crippen molar-refractivity contribution < 1.29 is 54.6 Å². The van der Waals surface area contributed by atoms with Gasteiger partial charge in [0.15, 0.2) is 0 Å². The van der Waals surface area contributed by atoms with Crippen LogP contribution in [0.5, 0.6) is 11.5 Å². The van der Waals surface area contributed by atoms with Crippen LogP contribution < -0.4 is 9.47 Å². The third-order valence-electron chi connectivity index (χ3n) is 13.1. The average Bonchev–Trinajstić information content (AvgIpc) is 3.82. The van der Waals surface area contributed by atoms with Crippen LogP contribution in [0.1, 0.15) is 111 Å². The molecule has 4 aliphatic rings. The van der Waals surface area contributed by atoms with Crippen molar-refractivity contribution in [3.05, 3.63) is 131 Å². The molecule has 4 aromatic rings. The zero-order valence-corrected chi connectivity index (χ0v) is 37.9. The van der Waals surface area contributed by atoms with Gasteiger partial charge in [0.25, 0.3) is 0 Å². The van der Waals surface area contributed by atoms with Crippen LogP contribution in [0.3, 0.4) is 0 Å². The van der Waals surface area contributed by atoms with Gasteiger partial charge in [0.05, 0.1) is 0 Å². The van der Waals surface area contributed by atoms with Gasteiger partial charge in [-0.15, -0.1) is 0 Å². The highest BCUT2D eigenvalue weighted by Crippen LogP contribution is 2.54. The maximum atomic E-state index is 9.10. The van der Waals surface area contributed by atoms with Crippen LogP contribution in [-0.4, -0.2) is 111 Å². The number of nitrogens with zero attached hydrogens (tertiary/aromatic N) is 2. The van der Waals surface area contributed by atoms with Crippen LogP contribution in [0.15, 0.2) is 109 Å². The lowest BCUT2D eigenvalue weighted by molar-refractivity contribution is -0.159. The zero-order valence-electron chi connectivity index (χ0n) is 37.9. The second-order valence-corrected chi connectivity index (χ2v) is 17.5. The molecule has 0 saturated heterocycles. The van der Waals surface area contributed by atoms with Gasteiger partial charge in [0.2, 0.25) is 0 Å². The summed E-state index contributed by atoms with van der Waals surface area (Å²) in [6.07, 6.45) is 17.4. The molecule has 0 amide bonds. The smallest absolute Gasteiger partial charge is 0.414 e. The number of carboxylic acid groups (broad SMARTS) is 4. The molecule has 0 aromatic heterocycles. The highest BCUT2D eigenvalue weighted by atomic mass is 16.5. The number of aliphatic carboxylic acids is 4. The van der Waals surface area contributed by atoms with E-state index in [1.54, 1.807) is 0 Å². The molecule has 2 fully saturated rings. The Morgan fingerprint density at radius 2 is 0.846 bits per heavy atom. The number of aryl methyl sites for hydroxylation is 2. The molecule has 2 aliphatic carbocycles. The largest absolute Gasteiger partial charge is 0.486 e. The Morgan fingerprint density at radius 1 is 0.508 bits per heavy atom. The van der Waals surface area contributed by atoms with Gasteiger partial charge < -0.3 is 45.2 Å². The van der Waals surface area contributed by atoms with Crippen molar-refractivity contribution in [2.45, 2.75) is 113 Å². The summed E-state index contributed by atoms with van der Waals surface area (Å²) in [4.78, 5) is 41.4. The molecule has 8 rings (SSSR count). The van der Waals surface area contributed by atoms with Gasteiger partial charge in [-0.25, -0.2) is 19.2 Å². The zero-order chi connectivity index (χ0) is 46.0. The molecule has 2 aliphatic heterocycles. The molecule has 13 heteroatoms. The Hall–Kier alpha value is -5.76. The Labute approximate surface area is 383 Å². The summed E-state index contributed by atoms with van der Waals surface area (Å²) < 4.78 is 13.2. The van der Waals surface area contributed by atoms with Crippen LogP contribution in [-0.2, 0) is 32.0 Å². The Balaban J connectivity index is 0.000000225. The van der Waals surface area contributed by atoms with Crippen molar-refractivity contribution in [2.75, 3.05) is 40.3 Å². The van der Waals surface area contributed by atoms with Crippen LogP contribution in [0.25, 0.3) is 0 Å².